The summed E-state index contributed by atoms with van der Waals surface area (Å²) >= 11 is 0. The van der Waals surface area contributed by atoms with Crippen LogP contribution in [0.5, 0.6) is 0 Å². The average molecular weight is 270 g/mol. The maximum atomic E-state index is 14.1. The first-order valence-electron chi connectivity index (χ1n) is 5.34. The second-order valence-electron chi connectivity index (χ2n) is 4.04. The Morgan fingerprint density at radius 3 is 2.89 bits per heavy atom. The number of aromatic nitrogens is 2. The summed E-state index contributed by atoms with van der Waals surface area (Å²) in [4.78, 5) is 15.0. The van der Waals surface area contributed by atoms with Crippen LogP contribution < -0.4 is 11.4 Å². The van der Waals surface area contributed by atoms with E-state index in [4.69, 9.17) is 20.8 Å². The molecule has 0 bridgehead atoms. The number of aliphatic hydroxyl groups excluding tert-OH is 2. The molecule has 0 saturated carbocycles. The summed E-state index contributed by atoms with van der Waals surface area (Å²) in [6.45, 7) is -0.692. The highest BCUT2D eigenvalue weighted by molar-refractivity contribution is 5.25. The van der Waals surface area contributed by atoms with Gasteiger partial charge in [-0.15, -0.1) is 0 Å². The predicted octanol–water partition coefficient (Wildman–Crippen LogP) is -1.91. The van der Waals surface area contributed by atoms with Crippen LogP contribution in [0.25, 0.3) is 0 Å². The Hall–Kier alpha value is -2.02. The van der Waals surface area contributed by atoms with Gasteiger partial charge in [0.05, 0.1) is 6.61 Å². The van der Waals surface area contributed by atoms with E-state index < -0.39 is 36.4 Å². The molecule has 4 atom stereocenters. The smallest absolute Gasteiger partial charge is 0.352 e. The molecule has 4 N–H and O–H groups in total. The molecule has 0 amide bonds. The zero-order valence-corrected chi connectivity index (χ0v) is 9.60. The van der Waals surface area contributed by atoms with Crippen molar-refractivity contribution in [1.29, 1.82) is 5.26 Å². The standard InChI is InChI=1S/C10H11FN4O4/c11-8-7(17)5(3-16)19-10(8,4-12)15-2-1-6(13)14-9(15)18/h1-2,5,7-8,16-17H,3H2,(H2,13,14,18)/t5-,7?,8?,10-/m1/s1. The van der Waals surface area contributed by atoms with E-state index in [1.807, 2.05) is 0 Å². The number of hydrogen-bond acceptors (Lipinski definition) is 7. The van der Waals surface area contributed by atoms with Crippen LogP contribution in [0.15, 0.2) is 17.1 Å². The third-order valence-corrected chi connectivity index (χ3v) is 2.91. The van der Waals surface area contributed by atoms with Gasteiger partial charge in [0.1, 0.15) is 24.1 Å². The Balaban J connectivity index is 2.56. The van der Waals surface area contributed by atoms with Crippen LogP contribution in [0.1, 0.15) is 0 Å². The topological polar surface area (TPSA) is 134 Å². The SMILES string of the molecule is N#C[C@@]1(n2ccc(N)nc2=O)O[C@H](CO)C(O)C1F. The van der Waals surface area contributed by atoms with Crippen LogP contribution in [0.3, 0.4) is 0 Å². The largest absolute Gasteiger partial charge is 0.394 e. The first-order chi connectivity index (χ1) is 8.96. The van der Waals surface area contributed by atoms with Crippen molar-refractivity contribution in [3.05, 3.63) is 22.7 Å². The summed E-state index contributed by atoms with van der Waals surface area (Å²) in [5, 5.41) is 27.7. The molecule has 1 aliphatic rings. The molecule has 2 rings (SSSR count). The van der Waals surface area contributed by atoms with Crippen molar-refractivity contribution in [2.75, 3.05) is 12.3 Å². The number of hydrogen-bond donors (Lipinski definition) is 3. The van der Waals surface area contributed by atoms with Gasteiger partial charge in [0.25, 0.3) is 5.72 Å². The molecule has 9 heteroatoms. The van der Waals surface area contributed by atoms with Crippen molar-refractivity contribution in [2.24, 2.45) is 0 Å². The van der Waals surface area contributed by atoms with Crippen molar-refractivity contribution >= 4 is 5.82 Å². The molecular formula is C10H11FN4O4. The fourth-order valence-corrected chi connectivity index (χ4v) is 1.93. The zero-order valence-electron chi connectivity index (χ0n) is 9.60. The molecule has 0 spiro atoms. The van der Waals surface area contributed by atoms with Crippen molar-refractivity contribution in [3.8, 4) is 6.07 Å². The molecule has 8 nitrogen and oxygen atoms in total. The molecule has 0 radical (unpaired) electrons. The Bertz CT molecular complexity index is 586. The third-order valence-electron chi connectivity index (χ3n) is 2.91. The second-order valence-corrected chi connectivity index (χ2v) is 4.04. The van der Waals surface area contributed by atoms with Crippen LogP contribution in [-0.4, -0.2) is 44.8 Å². The number of rotatable bonds is 2. The quantitative estimate of drug-likeness (QED) is 0.570. The summed E-state index contributed by atoms with van der Waals surface area (Å²) in [5.41, 5.74) is 1.93. The Labute approximate surface area is 106 Å². The Morgan fingerprint density at radius 2 is 2.42 bits per heavy atom. The first-order valence-corrected chi connectivity index (χ1v) is 5.34. The van der Waals surface area contributed by atoms with Crippen LogP contribution in [0, 0.1) is 11.3 Å². The molecule has 1 saturated heterocycles. The van der Waals surface area contributed by atoms with Gasteiger partial charge >= 0.3 is 5.69 Å². The van der Waals surface area contributed by atoms with E-state index in [1.165, 1.54) is 12.1 Å². The minimum atomic E-state index is -2.37. The molecule has 0 aromatic carbocycles. The molecule has 19 heavy (non-hydrogen) atoms. The van der Waals surface area contributed by atoms with E-state index in [2.05, 4.69) is 4.98 Å². The highest BCUT2D eigenvalue weighted by atomic mass is 19.1. The highest BCUT2D eigenvalue weighted by Crippen LogP contribution is 2.36. The fraction of sp³-hybridized carbons (Fsp3) is 0.500. The molecule has 1 aromatic rings. The maximum Gasteiger partial charge on any atom is 0.352 e. The summed E-state index contributed by atoms with van der Waals surface area (Å²) in [6.07, 6.45) is -4.20. The van der Waals surface area contributed by atoms with E-state index in [-0.39, 0.29) is 5.82 Å². The average Bonchev–Trinajstić information content (AvgIpc) is 2.64. The molecule has 1 aromatic heterocycles. The molecular weight excluding hydrogens is 259 g/mol. The third kappa shape index (κ3) is 1.86. The number of nitrogens with zero attached hydrogens (tertiary/aromatic N) is 3. The lowest BCUT2D eigenvalue weighted by atomic mass is 10.1. The van der Waals surface area contributed by atoms with E-state index >= 15 is 0 Å². The van der Waals surface area contributed by atoms with E-state index in [1.54, 1.807) is 0 Å². The van der Waals surface area contributed by atoms with Crippen molar-refractivity contribution in [3.63, 3.8) is 0 Å². The summed E-state index contributed by atoms with van der Waals surface area (Å²) in [6, 6.07) is 2.70. The van der Waals surface area contributed by atoms with Crippen LogP contribution in [-0.2, 0) is 10.5 Å². The van der Waals surface area contributed by atoms with E-state index in [0.717, 1.165) is 6.20 Å². The predicted molar refractivity (Wildman–Crippen MR) is 59.4 cm³/mol. The number of alkyl halides is 1. The van der Waals surface area contributed by atoms with Crippen LogP contribution in [0.2, 0.25) is 0 Å². The van der Waals surface area contributed by atoms with Crippen molar-refractivity contribution in [2.45, 2.75) is 24.1 Å². The number of nitrogen functional groups attached to an aromatic ring is 1. The van der Waals surface area contributed by atoms with Gasteiger partial charge in [0.2, 0.25) is 0 Å². The Morgan fingerprint density at radius 1 is 1.74 bits per heavy atom. The molecule has 102 valence electrons. The summed E-state index contributed by atoms with van der Waals surface area (Å²) in [5.74, 6) is -0.0954. The van der Waals surface area contributed by atoms with Gasteiger partial charge in [0.15, 0.2) is 6.17 Å². The van der Waals surface area contributed by atoms with Gasteiger partial charge in [-0.05, 0) is 6.07 Å². The minimum Gasteiger partial charge on any atom is -0.394 e. The molecule has 1 fully saturated rings. The lowest BCUT2D eigenvalue weighted by Gasteiger charge is -2.24. The number of anilines is 1. The number of halogens is 1. The molecule has 2 unspecified atom stereocenters. The number of ether oxygens (including phenoxy) is 1. The maximum absolute atomic E-state index is 14.1. The normalized spacial score (nSPS) is 34.1. The van der Waals surface area contributed by atoms with Crippen LogP contribution >= 0.6 is 0 Å². The second kappa shape index (κ2) is 4.58. The van der Waals surface area contributed by atoms with Gasteiger partial charge < -0.3 is 20.7 Å². The Kier molecular flexibility index (Phi) is 3.23. The fourth-order valence-electron chi connectivity index (χ4n) is 1.93. The number of nitrogens with two attached hydrogens (primary N) is 1. The van der Waals surface area contributed by atoms with Gasteiger partial charge in [-0.25, -0.2) is 9.18 Å². The van der Waals surface area contributed by atoms with Crippen molar-refractivity contribution < 1.29 is 19.3 Å². The minimum absolute atomic E-state index is 0.0954. The van der Waals surface area contributed by atoms with E-state index in [9.17, 15) is 14.3 Å². The first kappa shape index (κ1) is 13.4. The van der Waals surface area contributed by atoms with Crippen LogP contribution in [0.4, 0.5) is 10.2 Å². The monoisotopic (exact) mass is 270 g/mol. The lowest BCUT2D eigenvalue weighted by molar-refractivity contribution is -0.0962. The molecule has 1 aliphatic heterocycles. The van der Waals surface area contributed by atoms with Gasteiger partial charge in [0, 0.05) is 6.20 Å². The number of aliphatic hydroxyl groups is 2. The lowest BCUT2D eigenvalue weighted by Crippen LogP contribution is -2.47. The molecule has 0 aliphatic carbocycles. The van der Waals surface area contributed by atoms with Gasteiger partial charge in [-0.1, -0.05) is 0 Å². The highest BCUT2D eigenvalue weighted by Gasteiger charge is 2.58. The summed E-state index contributed by atoms with van der Waals surface area (Å²) in [7, 11) is 0. The summed E-state index contributed by atoms with van der Waals surface area (Å²) < 4.78 is 19.7. The number of nitriles is 1. The van der Waals surface area contributed by atoms with Gasteiger partial charge in [-0.3, -0.25) is 4.57 Å². The van der Waals surface area contributed by atoms with Gasteiger partial charge in [-0.2, -0.15) is 10.2 Å². The molecule has 2 heterocycles. The zero-order chi connectivity index (χ0) is 14.2. The van der Waals surface area contributed by atoms with E-state index in [0.29, 0.717) is 4.57 Å². The van der Waals surface area contributed by atoms with Crippen molar-refractivity contribution in [1.82, 2.24) is 9.55 Å².